The Balaban J connectivity index is 1.88. The number of nitrogens with one attached hydrogen (secondary N) is 2. The molecule has 1 aliphatic carbocycles. The molecule has 2 aromatic carbocycles. The Kier molecular flexibility index (Phi) is 8.81. The van der Waals surface area contributed by atoms with E-state index in [9.17, 15) is 13.6 Å². The maximum Gasteiger partial charge on any atom is 0.220 e. The van der Waals surface area contributed by atoms with Crippen molar-refractivity contribution in [3.05, 3.63) is 94.2 Å². The second-order valence-electron chi connectivity index (χ2n) is 10.6. The molecule has 6 heteroatoms. The van der Waals surface area contributed by atoms with Gasteiger partial charge >= 0.3 is 0 Å². The summed E-state index contributed by atoms with van der Waals surface area (Å²) in [5.74, 6) is -1.53. The van der Waals surface area contributed by atoms with E-state index in [1.807, 2.05) is 6.08 Å². The number of amides is 1. The first-order valence-electron chi connectivity index (χ1n) is 12.4. The highest BCUT2D eigenvalue weighted by molar-refractivity contribution is 5.75. The summed E-state index contributed by atoms with van der Waals surface area (Å²) in [5.41, 5.74) is 4.36. The van der Waals surface area contributed by atoms with Crippen molar-refractivity contribution in [1.29, 1.82) is 5.26 Å². The first-order valence-corrected chi connectivity index (χ1v) is 12.4. The lowest BCUT2D eigenvalue weighted by atomic mass is 9.73. The quantitative estimate of drug-likeness (QED) is 0.445. The molecule has 0 aromatic heterocycles. The Morgan fingerprint density at radius 3 is 2.36 bits per heavy atom. The van der Waals surface area contributed by atoms with Crippen molar-refractivity contribution in [2.24, 2.45) is 0 Å². The highest BCUT2D eigenvalue weighted by atomic mass is 19.1. The maximum atomic E-state index is 13.7. The van der Waals surface area contributed by atoms with Crippen LogP contribution in [0.25, 0.3) is 0 Å². The van der Waals surface area contributed by atoms with Gasteiger partial charge in [0.1, 0.15) is 11.6 Å². The fourth-order valence-corrected chi connectivity index (χ4v) is 4.78. The molecule has 2 aromatic rings. The van der Waals surface area contributed by atoms with Crippen LogP contribution in [0.3, 0.4) is 0 Å². The Bertz CT molecular complexity index is 1170. The zero-order chi connectivity index (χ0) is 26.3. The summed E-state index contributed by atoms with van der Waals surface area (Å²) in [6.45, 7) is 8.46. The van der Waals surface area contributed by atoms with E-state index < -0.39 is 11.6 Å². The molecular formula is C30H35F2N3O. The highest BCUT2D eigenvalue weighted by Gasteiger charge is 2.35. The molecule has 1 amide bonds. The van der Waals surface area contributed by atoms with Crippen molar-refractivity contribution < 1.29 is 13.6 Å². The maximum absolute atomic E-state index is 13.7. The number of hydrogen-bond donors (Lipinski definition) is 2. The summed E-state index contributed by atoms with van der Waals surface area (Å²) in [4.78, 5) is 11.8. The average Bonchev–Trinajstić information content (AvgIpc) is 2.79. The highest BCUT2D eigenvalue weighted by Crippen LogP contribution is 2.40. The molecule has 0 heterocycles. The molecular weight excluding hydrogens is 456 g/mol. The van der Waals surface area contributed by atoms with Crippen LogP contribution in [0.4, 0.5) is 8.78 Å². The lowest BCUT2D eigenvalue weighted by Gasteiger charge is -2.40. The van der Waals surface area contributed by atoms with Crippen LogP contribution in [-0.4, -0.2) is 12.5 Å². The Morgan fingerprint density at radius 2 is 1.78 bits per heavy atom. The average molecular weight is 492 g/mol. The number of carbonyl (C=O) groups excluding carboxylic acids is 1. The van der Waals surface area contributed by atoms with Gasteiger partial charge in [0, 0.05) is 43.3 Å². The van der Waals surface area contributed by atoms with Gasteiger partial charge in [0.05, 0.1) is 6.07 Å². The lowest BCUT2D eigenvalue weighted by Crippen LogP contribution is -2.44. The third kappa shape index (κ3) is 7.35. The van der Waals surface area contributed by atoms with Gasteiger partial charge in [0.2, 0.25) is 5.91 Å². The minimum atomic E-state index is -0.647. The van der Waals surface area contributed by atoms with Gasteiger partial charge in [-0.1, -0.05) is 56.7 Å². The van der Waals surface area contributed by atoms with E-state index in [2.05, 4.69) is 61.7 Å². The van der Waals surface area contributed by atoms with Crippen LogP contribution < -0.4 is 10.6 Å². The van der Waals surface area contributed by atoms with Crippen molar-refractivity contribution in [3.63, 3.8) is 0 Å². The number of benzene rings is 2. The summed E-state index contributed by atoms with van der Waals surface area (Å²) in [7, 11) is 0. The summed E-state index contributed by atoms with van der Waals surface area (Å²) < 4.78 is 27.4. The smallest absolute Gasteiger partial charge is 0.220 e. The van der Waals surface area contributed by atoms with Gasteiger partial charge in [0.25, 0.3) is 0 Å². The Morgan fingerprint density at radius 1 is 1.11 bits per heavy atom. The number of halogens is 2. The van der Waals surface area contributed by atoms with Gasteiger partial charge in [-0.25, -0.2) is 8.78 Å². The molecule has 0 aliphatic heterocycles. The van der Waals surface area contributed by atoms with Crippen LogP contribution in [-0.2, 0) is 22.2 Å². The molecule has 1 saturated carbocycles. The number of allylic oxidation sites excluding steroid dienone is 3. The van der Waals surface area contributed by atoms with Crippen LogP contribution >= 0.6 is 0 Å². The van der Waals surface area contributed by atoms with E-state index in [1.54, 1.807) is 6.08 Å². The second kappa shape index (κ2) is 11.6. The third-order valence-corrected chi connectivity index (χ3v) is 6.74. The van der Waals surface area contributed by atoms with E-state index >= 15 is 0 Å². The summed E-state index contributed by atoms with van der Waals surface area (Å²) in [6.07, 6.45) is 7.06. The molecule has 3 rings (SSSR count). The lowest BCUT2D eigenvalue weighted by molar-refractivity contribution is -0.118. The molecule has 36 heavy (non-hydrogen) atoms. The monoisotopic (exact) mass is 491 g/mol. The summed E-state index contributed by atoms with van der Waals surface area (Å²) >= 11 is 0. The predicted octanol–water partition coefficient (Wildman–Crippen LogP) is 6.33. The van der Waals surface area contributed by atoms with E-state index in [4.69, 9.17) is 5.26 Å². The van der Waals surface area contributed by atoms with E-state index in [1.165, 1.54) is 30.2 Å². The van der Waals surface area contributed by atoms with E-state index in [0.29, 0.717) is 17.8 Å². The molecule has 0 spiro atoms. The number of carbonyl (C=O) groups is 1. The standard InChI is InChI=1S/C30H35F2N3O/c1-21(36)35-28(18-23-16-26(31)20-27(32)17-23)11-15-34-30(12-8-22(9-13-30)10-14-33)25-7-5-6-24(19-25)29(2,3)4/h5-7,10-11,16-17,19-20,34H,8-9,12-13,15,18H2,1-4H3,(H,35,36)/b22-10?,28-11+. The van der Waals surface area contributed by atoms with E-state index in [-0.39, 0.29) is 23.3 Å². The van der Waals surface area contributed by atoms with E-state index in [0.717, 1.165) is 37.3 Å². The van der Waals surface area contributed by atoms with Gasteiger partial charge < -0.3 is 10.6 Å². The van der Waals surface area contributed by atoms with Crippen molar-refractivity contribution in [2.75, 3.05) is 6.54 Å². The zero-order valence-corrected chi connectivity index (χ0v) is 21.6. The molecule has 0 atom stereocenters. The molecule has 1 fully saturated rings. The third-order valence-electron chi connectivity index (χ3n) is 6.74. The molecule has 0 radical (unpaired) electrons. The zero-order valence-electron chi connectivity index (χ0n) is 21.6. The van der Waals surface area contributed by atoms with Crippen LogP contribution in [0.5, 0.6) is 0 Å². The van der Waals surface area contributed by atoms with Crippen LogP contribution in [0.2, 0.25) is 0 Å². The Hall–Kier alpha value is -3.30. The fraction of sp³-hybridized carbons (Fsp3) is 0.400. The van der Waals surface area contributed by atoms with Gasteiger partial charge in [-0.15, -0.1) is 0 Å². The second-order valence-corrected chi connectivity index (χ2v) is 10.6. The molecule has 0 saturated heterocycles. The minimum absolute atomic E-state index is 0.0104. The number of hydrogen-bond acceptors (Lipinski definition) is 3. The molecule has 4 nitrogen and oxygen atoms in total. The summed E-state index contributed by atoms with van der Waals surface area (Å²) in [5, 5.41) is 15.6. The molecule has 1 aliphatic rings. The van der Waals surface area contributed by atoms with Gasteiger partial charge in [-0.3, -0.25) is 4.79 Å². The van der Waals surface area contributed by atoms with Gasteiger partial charge in [0.15, 0.2) is 0 Å². The van der Waals surface area contributed by atoms with Crippen LogP contribution in [0.15, 0.2) is 65.9 Å². The largest absolute Gasteiger partial charge is 0.330 e. The number of nitrogens with zero attached hydrogens (tertiary/aromatic N) is 1. The van der Waals surface area contributed by atoms with Crippen LogP contribution in [0.1, 0.15) is 70.1 Å². The molecule has 0 unspecified atom stereocenters. The predicted molar refractivity (Wildman–Crippen MR) is 139 cm³/mol. The van der Waals surface area contributed by atoms with Crippen molar-refractivity contribution >= 4 is 5.91 Å². The normalized spacial score (nSPS) is 18.5. The number of rotatable bonds is 7. The van der Waals surface area contributed by atoms with Crippen molar-refractivity contribution in [2.45, 2.75) is 70.8 Å². The van der Waals surface area contributed by atoms with Crippen LogP contribution in [0, 0.1) is 23.0 Å². The Labute approximate surface area is 213 Å². The first kappa shape index (κ1) is 27.3. The SMILES string of the molecule is CC(=O)N/C(=C/CNC1(c2cccc(C(C)(C)C)c2)CCC(=CC#N)CC1)Cc1cc(F)cc(F)c1. The van der Waals surface area contributed by atoms with Gasteiger partial charge in [-0.2, -0.15) is 5.26 Å². The number of nitriles is 1. The first-order chi connectivity index (χ1) is 17.0. The fourth-order valence-electron chi connectivity index (χ4n) is 4.78. The van der Waals surface area contributed by atoms with Gasteiger partial charge in [-0.05, 0) is 59.9 Å². The molecule has 190 valence electrons. The molecule has 2 N–H and O–H groups in total. The topological polar surface area (TPSA) is 64.9 Å². The summed E-state index contributed by atoms with van der Waals surface area (Å²) in [6, 6.07) is 14.2. The van der Waals surface area contributed by atoms with Crippen molar-refractivity contribution in [1.82, 2.24) is 10.6 Å². The minimum Gasteiger partial charge on any atom is -0.330 e. The van der Waals surface area contributed by atoms with Crippen molar-refractivity contribution in [3.8, 4) is 6.07 Å². The molecule has 0 bridgehead atoms.